The summed E-state index contributed by atoms with van der Waals surface area (Å²) in [4.78, 5) is 23.5. The molecular formula is C24H26N4O5. The first kappa shape index (κ1) is 22.3. The topological polar surface area (TPSA) is 95.0 Å². The highest BCUT2D eigenvalue weighted by Gasteiger charge is 2.18. The first-order valence-corrected chi connectivity index (χ1v) is 10.6. The quantitative estimate of drug-likeness (QED) is 0.560. The van der Waals surface area contributed by atoms with E-state index >= 15 is 0 Å². The standard InChI is InChI=1S/C24H26N4O5/c1-30-20-7-8-21(31-2)18(15-20)16-27-23(29)17-3-5-19(6-4-17)33-24-22(25-9-10-26-24)28-11-13-32-14-12-28/h3-10,15H,11-14,16H2,1-2H3,(H,27,29). The maximum Gasteiger partial charge on any atom is 0.263 e. The fraction of sp³-hybridized carbons (Fsp3) is 0.292. The van der Waals surface area contributed by atoms with Gasteiger partial charge in [0.2, 0.25) is 0 Å². The Balaban J connectivity index is 1.40. The summed E-state index contributed by atoms with van der Waals surface area (Å²) in [5.41, 5.74) is 1.33. The van der Waals surface area contributed by atoms with E-state index in [4.69, 9.17) is 18.9 Å². The number of hydrogen-bond donors (Lipinski definition) is 1. The number of carbonyl (C=O) groups is 1. The molecule has 9 nitrogen and oxygen atoms in total. The molecule has 0 radical (unpaired) electrons. The van der Waals surface area contributed by atoms with Crippen LogP contribution < -0.4 is 24.4 Å². The number of rotatable bonds is 8. The van der Waals surface area contributed by atoms with Crippen molar-refractivity contribution in [1.82, 2.24) is 15.3 Å². The van der Waals surface area contributed by atoms with Gasteiger partial charge in [-0.15, -0.1) is 0 Å². The van der Waals surface area contributed by atoms with E-state index in [1.54, 1.807) is 50.9 Å². The Hall–Kier alpha value is -3.85. The van der Waals surface area contributed by atoms with Crippen LogP contribution in [0.5, 0.6) is 23.1 Å². The van der Waals surface area contributed by atoms with Gasteiger partial charge in [0.25, 0.3) is 11.8 Å². The number of anilines is 1. The zero-order valence-electron chi connectivity index (χ0n) is 18.6. The number of benzene rings is 2. The smallest absolute Gasteiger partial charge is 0.263 e. The van der Waals surface area contributed by atoms with Crippen molar-refractivity contribution in [2.24, 2.45) is 0 Å². The van der Waals surface area contributed by atoms with Crippen LogP contribution in [0.15, 0.2) is 54.9 Å². The minimum atomic E-state index is -0.208. The lowest BCUT2D eigenvalue weighted by Crippen LogP contribution is -2.37. The highest BCUT2D eigenvalue weighted by Crippen LogP contribution is 2.29. The summed E-state index contributed by atoms with van der Waals surface area (Å²) in [6.07, 6.45) is 3.23. The van der Waals surface area contributed by atoms with Crippen LogP contribution in [0.25, 0.3) is 0 Å². The van der Waals surface area contributed by atoms with Crippen molar-refractivity contribution in [2.45, 2.75) is 6.54 Å². The van der Waals surface area contributed by atoms with Crippen molar-refractivity contribution in [3.8, 4) is 23.1 Å². The maximum atomic E-state index is 12.6. The van der Waals surface area contributed by atoms with Crippen LogP contribution in [0.4, 0.5) is 5.82 Å². The molecule has 1 N–H and O–H groups in total. The van der Waals surface area contributed by atoms with Gasteiger partial charge in [-0.1, -0.05) is 0 Å². The summed E-state index contributed by atoms with van der Waals surface area (Å²) in [5, 5.41) is 2.91. The third kappa shape index (κ3) is 5.50. The Morgan fingerprint density at radius 2 is 1.73 bits per heavy atom. The molecule has 9 heteroatoms. The predicted molar refractivity (Wildman–Crippen MR) is 122 cm³/mol. The molecule has 2 heterocycles. The summed E-state index contributed by atoms with van der Waals surface area (Å²) < 4.78 is 22.0. The highest BCUT2D eigenvalue weighted by molar-refractivity contribution is 5.94. The molecule has 172 valence electrons. The van der Waals surface area contributed by atoms with E-state index in [1.165, 1.54) is 0 Å². The van der Waals surface area contributed by atoms with Crippen LogP contribution in [0.1, 0.15) is 15.9 Å². The van der Waals surface area contributed by atoms with Gasteiger partial charge in [0.15, 0.2) is 5.82 Å². The van der Waals surface area contributed by atoms with Crippen LogP contribution in [-0.2, 0) is 11.3 Å². The van der Waals surface area contributed by atoms with E-state index in [1.807, 2.05) is 18.2 Å². The minimum absolute atomic E-state index is 0.208. The molecule has 2 aromatic carbocycles. The molecule has 1 aliphatic rings. The van der Waals surface area contributed by atoms with Gasteiger partial charge in [-0.2, -0.15) is 0 Å². The molecule has 1 fully saturated rings. The number of nitrogens with one attached hydrogen (secondary N) is 1. The Bertz CT molecular complexity index is 1080. The molecule has 33 heavy (non-hydrogen) atoms. The van der Waals surface area contributed by atoms with Crippen molar-refractivity contribution in [3.05, 3.63) is 66.0 Å². The number of morpholine rings is 1. The van der Waals surface area contributed by atoms with E-state index in [9.17, 15) is 4.79 Å². The molecule has 4 rings (SSSR count). The van der Waals surface area contributed by atoms with Crippen LogP contribution in [0.3, 0.4) is 0 Å². The Kier molecular flexibility index (Phi) is 7.21. The number of methoxy groups -OCH3 is 2. The Morgan fingerprint density at radius 1 is 1.00 bits per heavy atom. The van der Waals surface area contributed by atoms with E-state index in [2.05, 4.69) is 20.2 Å². The largest absolute Gasteiger partial charge is 0.497 e. The summed E-state index contributed by atoms with van der Waals surface area (Å²) in [5.74, 6) is 2.83. The van der Waals surface area contributed by atoms with E-state index in [0.717, 1.165) is 18.7 Å². The van der Waals surface area contributed by atoms with Crippen LogP contribution in [-0.4, -0.2) is 56.4 Å². The molecule has 1 aromatic heterocycles. The number of carbonyl (C=O) groups excluding carboxylic acids is 1. The molecule has 0 bridgehead atoms. The van der Waals surface area contributed by atoms with Crippen molar-refractivity contribution in [1.29, 1.82) is 0 Å². The lowest BCUT2D eigenvalue weighted by molar-refractivity contribution is 0.0950. The van der Waals surface area contributed by atoms with E-state index in [0.29, 0.717) is 54.3 Å². The summed E-state index contributed by atoms with van der Waals surface area (Å²) in [6.45, 7) is 3.04. The van der Waals surface area contributed by atoms with Gasteiger partial charge in [0, 0.05) is 43.2 Å². The number of amides is 1. The Morgan fingerprint density at radius 3 is 2.45 bits per heavy atom. The number of nitrogens with zero attached hydrogens (tertiary/aromatic N) is 3. The van der Waals surface area contributed by atoms with Gasteiger partial charge in [0.1, 0.15) is 17.2 Å². The van der Waals surface area contributed by atoms with Gasteiger partial charge >= 0.3 is 0 Å². The lowest BCUT2D eigenvalue weighted by Gasteiger charge is -2.28. The van der Waals surface area contributed by atoms with Crippen molar-refractivity contribution in [2.75, 3.05) is 45.4 Å². The fourth-order valence-electron chi connectivity index (χ4n) is 3.47. The van der Waals surface area contributed by atoms with Gasteiger partial charge in [-0.25, -0.2) is 9.97 Å². The molecule has 1 amide bonds. The van der Waals surface area contributed by atoms with Crippen LogP contribution in [0.2, 0.25) is 0 Å². The second-order valence-electron chi connectivity index (χ2n) is 7.27. The number of ether oxygens (including phenoxy) is 4. The lowest BCUT2D eigenvalue weighted by atomic mass is 10.1. The third-order valence-corrected chi connectivity index (χ3v) is 5.22. The van der Waals surface area contributed by atoms with Crippen molar-refractivity contribution >= 4 is 11.7 Å². The zero-order chi connectivity index (χ0) is 23.0. The number of aromatic nitrogens is 2. The molecular weight excluding hydrogens is 424 g/mol. The third-order valence-electron chi connectivity index (χ3n) is 5.22. The molecule has 0 saturated carbocycles. The molecule has 0 atom stereocenters. The average Bonchev–Trinajstić information content (AvgIpc) is 2.88. The molecule has 0 aliphatic carbocycles. The van der Waals surface area contributed by atoms with Gasteiger partial charge in [0.05, 0.1) is 27.4 Å². The highest BCUT2D eigenvalue weighted by atomic mass is 16.5. The van der Waals surface area contributed by atoms with E-state index < -0.39 is 0 Å². The molecule has 0 spiro atoms. The number of hydrogen-bond acceptors (Lipinski definition) is 8. The van der Waals surface area contributed by atoms with Gasteiger partial charge < -0.3 is 29.2 Å². The first-order chi connectivity index (χ1) is 16.2. The predicted octanol–water partition coefficient (Wildman–Crippen LogP) is 3.05. The summed E-state index contributed by atoms with van der Waals surface area (Å²) in [6, 6.07) is 12.3. The fourth-order valence-corrected chi connectivity index (χ4v) is 3.47. The van der Waals surface area contributed by atoms with Gasteiger partial charge in [-0.05, 0) is 42.5 Å². The Labute approximate surface area is 192 Å². The SMILES string of the molecule is COc1ccc(OC)c(CNC(=O)c2ccc(Oc3nccnc3N3CCOCC3)cc2)c1. The summed E-state index contributed by atoms with van der Waals surface area (Å²) >= 11 is 0. The van der Waals surface area contributed by atoms with Crippen LogP contribution >= 0.6 is 0 Å². The summed E-state index contributed by atoms with van der Waals surface area (Å²) in [7, 11) is 3.19. The van der Waals surface area contributed by atoms with Gasteiger partial charge in [-0.3, -0.25) is 4.79 Å². The van der Waals surface area contributed by atoms with E-state index in [-0.39, 0.29) is 5.91 Å². The zero-order valence-corrected chi connectivity index (χ0v) is 18.6. The molecule has 3 aromatic rings. The average molecular weight is 450 g/mol. The maximum absolute atomic E-state index is 12.6. The van der Waals surface area contributed by atoms with Crippen molar-refractivity contribution in [3.63, 3.8) is 0 Å². The first-order valence-electron chi connectivity index (χ1n) is 10.6. The molecule has 1 aliphatic heterocycles. The monoisotopic (exact) mass is 450 g/mol. The molecule has 1 saturated heterocycles. The van der Waals surface area contributed by atoms with Crippen LogP contribution in [0, 0.1) is 0 Å². The van der Waals surface area contributed by atoms with Crippen molar-refractivity contribution < 1.29 is 23.7 Å². The molecule has 0 unspecified atom stereocenters. The second kappa shape index (κ2) is 10.6. The minimum Gasteiger partial charge on any atom is -0.497 e. The second-order valence-corrected chi connectivity index (χ2v) is 7.27. The normalized spacial score (nSPS) is 13.3.